The second-order valence-electron chi connectivity index (χ2n) is 5.11. The largest absolute Gasteiger partial charge is 0.0651 e. The van der Waals surface area contributed by atoms with Gasteiger partial charge in [-0.05, 0) is 24.2 Å². The maximum atomic E-state index is 2.43. The van der Waals surface area contributed by atoms with Crippen LogP contribution in [0, 0.1) is 17.8 Å². The molecule has 86 valence electrons. The van der Waals surface area contributed by atoms with Gasteiger partial charge in [0.05, 0.1) is 0 Å². The molecule has 0 fully saturated rings. The average molecular weight is 198 g/mol. The average Bonchev–Trinajstić information content (AvgIpc) is 2.19. The topological polar surface area (TPSA) is 0 Å². The van der Waals surface area contributed by atoms with E-state index in [1.807, 2.05) is 0 Å². The first-order valence-corrected chi connectivity index (χ1v) is 6.63. The Balaban J connectivity index is 3.56. The van der Waals surface area contributed by atoms with E-state index in [9.17, 15) is 0 Å². The van der Waals surface area contributed by atoms with Gasteiger partial charge in [0.2, 0.25) is 0 Å². The molecule has 0 heteroatoms. The molecule has 0 aliphatic rings. The van der Waals surface area contributed by atoms with Crippen molar-refractivity contribution in [1.82, 2.24) is 0 Å². The van der Waals surface area contributed by atoms with Crippen molar-refractivity contribution in [2.45, 2.75) is 73.1 Å². The molecule has 0 N–H and O–H groups in total. The van der Waals surface area contributed by atoms with Gasteiger partial charge in [0.1, 0.15) is 0 Å². The zero-order valence-electron chi connectivity index (χ0n) is 11.0. The van der Waals surface area contributed by atoms with Crippen LogP contribution in [0.5, 0.6) is 0 Å². The van der Waals surface area contributed by atoms with Crippen LogP contribution in [-0.2, 0) is 0 Å². The number of hydrogen-bond donors (Lipinski definition) is 0. The SMILES string of the molecule is CCC(C)CC(C)CCC(CC)CC. The molecule has 0 amide bonds. The smallest absolute Gasteiger partial charge is 0.0419 e. The summed E-state index contributed by atoms with van der Waals surface area (Å²) >= 11 is 0. The zero-order chi connectivity index (χ0) is 11.0. The van der Waals surface area contributed by atoms with E-state index >= 15 is 0 Å². The van der Waals surface area contributed by atoms with Crippen LogP contribution in [0.1, 0.15) is 73.1 Å². The molecular formula is C14H30. The lowest BCUT2D eigenvalue weighted by atomic mass is 9.88. The highest BCUT2D eigenvalue weighted by atomic mass is 14.2. The van der Waals surface area contributed by atoms with Crippen molar-refractivity contribution in [3.63, 3.8) is 0 Å². The second kappa shape index (κ2) is 8.32. The van der Waals surface area contributed by atoms with Crippen LogP contribution in [0.2, 0.25) is 0 Å². The Kier molecular flexibility index (Phi) is 8.32. The normalized spacial score (nSPS) is 15.9. The second-order valence-corrected chi connectivity index (χ2v) is 5.11. The minimum atomic E-state index is 0.923. The van der Waals surface area contributed by atoms with E-state index in [2.05, 4.69) is 34.6 Å². The summed E-state index contributed by atoms with van der Waals surface area (Å²) < 4.78 is 0. The molecule has 0 nitrogen and oxygen atoms in total. The minimum Gasteiger partial charge on any atom is -0.0651 e. The van der Waals surface area contributed by atoms with Crippen LogP contribution < -0.4 is 0 Å². The molecule has 0 aromatic carbocycles. The Morgan fingerprint density at radius 1 is 0.714 bits per heavy atom. The molecule has 2 unspecified atom stereocenters. The lowest BCUT2D eigenvalue weighted by molar-refractivity contribution is 0.339. The predicted molar refractivity (Wildman–Crippen MR) is 66.5 cm³/mol. The maximum absolute atomic E-state index is 2.43. The molecule has 0 rings (SSSR count). The van der Waals surface area contributed by atoms with E-state index < -0.39 is 0 Å². The lowest BCUT2D eigenvalue weighted by Gasteiger charge is -2.18. The van der Waals surface area contributed by atoms with Crippen LogP contribution in [-0.4, -0.2) is 0 Å². The van der Waals surface area contributed by atoms with Gasteiger partial charge >= 0.3 is 0 Å². The van der Waals surface area contributed by atoms with Gasteiger partial charge in [-0.3, -0.25) is 0 Å². The molecule has 0 bridgehead atoms. The van der Waals surface area contributed by atoms with E-state index in [0.29, 0.717) is 0 Å². The Morgan fingerprint density at radius 2 is 1.29 bits per heavy atom. The van der Waals surface area contributed by atoms with Crippen LogP contribution in [0.15, 0.2) is 0 Å². The summed E-state index contributed by atoms with van der Waals surface area (Å²) in [5, 5.41) is 0. The monoisotopic (exact) mass is 198 g/mol. The van der Waals surface area contributed by atoms with Crippen molar-refractivity contribution in [1.29, 1.82) is 0 Å². The third kappa shape index (κ3) is 6.45. The van der Waals surface area contributed by atoms with E-state index in [1.165, 1.54) is 38.5 Å². The highest BCUT2D eigenvalue weighted by molar-refractivity contribution is 4.62. The van der Waals surface area contributed by atoms with Crippen molar-refractivity contribution in [3.8, 4) is 0 Å². The minimum absolute atomic E-state index is 0.923. The Labute approximate surface area is 91.5 Å². The molecule has 0 heterocycles. The van der Waals surface area contributed by atoms with E-state index in [0.717, 1.165) is 17.8 Å². The van der Waals surface area contributed by atoms with Gasteiger partial charge in [0.15, 0.2) is 0 Å². The van der Waals surface area contributed by atoms with Crippen molar-refractivity contribution in [2.75, 3.05) is 0 Å². The van der Waals surface area contributed by atoms with Crippen LogP contribution in [0.25, 0.3) is 0 Å². The fraction of sp³-hybridized carbons (Fsp3) is 1.00. The maximum Gasteiger partial charge on any atom is -0.0419 e. The fourth-order valence-electron chi connectivity index (χ4n) is 2.19. The summed E-state index contributed by atoms with van der Waals surface area (Å²) in [6.45, 7) is 11.8. The first-order chi connectivity index (χ1) is 6.63. The standard InChI is InChI=1S/C14H30/c1-6-12(4)11-13(5)9-10-14(7-2)8-3/h12-14H,6-11H2,1-5H3. The molecule has 2 atom stereocenters. The van der Waals surface area contributed by atoms with Gasteiger partial charge in [-0.15, -0.1) is 0 Å². The van der Waals surface area contributed by atoms with Crippen molar-refractivity contribution >= 4 is 0 Å². The molecule has 0 aliphatic carbocycles. The summed E-state index contributed by atoms with van der Waals surface area (Å²) in [6.07, 6.45) is 8.40. The van der Waals surface area contributed by atoms with E-state index in [4.69, 9.17) is 0 Å². The lowest BCUT2D eigenvalue weighted by Crippen LogP contribution is -2.05. The van der Waals surface area contributed by atoms with E-state index in [-0.39, 0.29) is 0 Å². The van der Waals surface area contributed by atoms with Gasteiger partial charge in [-0.25, -0.2) is 0 Å². The fourth-order valence-corrected chi connectivity index (χ4v) is 2.19. The van der Waals surface area contributed by atoms with Crippen LogP contribution in [0.4, 0.5) is 0 Å². The van der Waals surface area contributed by atoms with Crippen molar-refractivity contribution < 1.29 is 0 Å². The summed E-state index contributed by atoms with van der Waals surface area (Å²) in [4.78, 5) is 0. The molecule has 0 radical (unpaired) electrons. The Hall–Kier alpha value is 0. The van der Waals surface area contributed by atoms with Gasteiger partial charge in [-0.2, -0.15) is 0 Å². The molecule has 0 aliphatic heterocycles. The third-order valence-electron chi connectivity index (χ3n) is 3.72. The summed E-state index contributed by atoms with van der Waals surface area (Å²) in [5.74, 6) is 2.84. The first kappa shape index (κ1) is 14.0. The summed E-state index contributed by atoms with van der Waals surface area (Å²) in [5.41, 5.74) is 0. The van der Waals surface area contributed by atoms with Gasteiger partial charge in [0, 0.05) is 0 Å². The molecule has 0 saturated heterocycles. The quantitative estimate of drug-likeness (QED) is 0.498. The van der Waals surface area contributed by atoms with Crippen molar-refractivity contribution in [3.05, 3.63) is 0 Å². The van der Waals surface area contributed by atoms with E-state index in [1.54, 1.807) is 0 Å². The van der Waals surface area contributed by atoms with Crippen LogP contribution in [0.3, 0.4) is 0 Å². The number of rotatable bonds is 8. The first-order valence-electron chi connectivity index (χ1n) is 6.63. The summed E-state index contributed by atoms with van der Waals surface area (Å²) in [6, 6.07) is 0. The van der Waals surface area contributed by atoms with Crippen molar-refractivity contribution in [2.24, 2.45) is 17.8 Å². The summed E-state index contributed by atoms with van der Waals surface area (Å²) in [7, 11) is 0. The zero-order valence-corrected chi connectivity index (χ0v) is 11.0. The molecule has 14 heavy (non-hydrogen) atoms. The van der Waals surface area contributed by atoms with Gasteiger partial charge < -0.3 is 0 Å². The molecule has 0 aromatic rings. The molecule has 0 spiro atoms. The molecular weight excluding hydrogens is 168 g/mol. The predicted octanol–water partition coefficient (Wildman–Crippen LogP) is 5.28. The Bertz CT molecular complexity index is 113. The number of hydrogen-bond acceptors (Lipinski definition) is 0. The third-order valence-corrected chi connectivity index (χ3v) is 3.72. The van der Waals surface area contributed by atoms with Crippen LogP contribution >= 0.6 is 0 Å². The highest BCUT2D eigenvalue weighted by Crippen LogP contribution is 2.23. The molecule has 0 aromatic heterocycles. The van der Waals surface area contributed by atoms with Gasteiger partial charge in [-0.1, -0.05) is 66.7 Å². The Morgan fingerprint density at radius 3 is 1.71 bits per heavy atom. The highest BCUT2D eigenvalue weighted by Gasteiger charge is 2.10. The van der Waals surface area contributed by atoms with Gasteiger partial charge in [0.25, 0.3) is 0 Å². The molecule has 0 saturated carbocycles.